The summed E-state index contributed by atoms with van der Waals surface area (Å²) in [5.41, 5.74) is 3.76. The van der Waals surface area contributed by atoms with Crippen LogP contribution < -0.4 is 10.1 Å². The summed E-state index contributed by atoms with van der Waals surface area (Å²) in [6, 6.07) is 3.17. The van der Waals surface area contributed by atoms with Gasteiger partial charge in [-0.15, -0.1) is 0 Å². The van der Waals surface area contributed by atoms with Crippen molar-refractivity contribution >= 4 is 10.9 Å². The third-order valence-electron chi connectivity index (χ3n) is 3.97. The monoisotopic (exact) mass is 246 g/mol. The predicted molar refractivity (Wildman–Crippen MR) is 67.7 cm³/mol. The zero-order valence-corrected chi connectivity index (χ0v) is 10.1. The van der Waals surface area contributed by atoms with Crippen molar-refractivity contribution in [3.63, 3.8) is 0 Å². The molecule has 2 aromatic rings. The summed E-state index contributed by atoms with van der Waals surface area (Å²) < 4.78 is 21.6. The second-order valence-electron chi connectivity index (χ2n) is 4.98. The highest BCUT2D eigenvalue weighted by Gasteiger charge is 2.24. The fourth-order valence-electron chi connectivity index (χ4n) is 3.25. The Kier molecular flexibility index (Phi) is 2.14. The number of nitrogens with zero attached hydrogens (tertiary/aromatic N) is 1. The standard InChI is InChI=1S/C14H15FN2O/c15-9-7-11-10-1-3-16-4-2-12(10)17-5-6-18-13(8-9)14(11)17/h7-8,16H,1-6H2. The molecule has 4 heteroatoms. The Morgan fingerprint density at radius 2 is 2.11 bits per heavy atom. The molecule has 0 saturated heterocycles. The van der Waals surface area contributed by atoms with Crippen LogP contribution in [0.4, 0.5) is 4.39 Å². The van der Waals surface area contributed by atoms with Crippen molar-refractivity contribution in [2.75, 3.05) is 19.7 Å². The van der Waals surface area contributed by atoms with Crippen LogP contribution in [0.5, 0.6) is 5.75 Å². The van der Waals surface area contributed by atoms with Gasteiger partial charge in [0, 0.05) is 30.1 Å². The fourth-order valence-corrected chi connectivity index (χ4v) is 3.25. The maximum absolute atomic E-state index is 13.7. The number of fused-ring (bicyclic) bond motifs is 3. The highest BCUT2D eigenvalue weighted by Crippen LogP contribution is 2.37. The molecule has 3 heterocycles. The first-order chi connectivity index (χ1) is 8.84. The smallest absolute Gasteiger partial charge is 0.146 e. The molecule has 94 valence electrons. The molecule has 0 spiro atoms. The highest BCUT2D eigenvalue weighted by molar-refractivity contribution is 5.91. The maximum Gasteiger partial charge on any atom is 0.146 e. The molecule has 1 N–H and O–H groups in total. The zero-order chi connectivity index (χ0) is 12.1. The van der Waals surface area contributed by atoms with Gasteiger partial charge >= 0.3 is 0 Å². The van der Waals surface area contributed by atoms with Gasteiger partial charge in [0.25, 0.3) is 0 Å². The average Bonchev–Trinajstić information content (AvgIpc) is 2.55. The lowest BCUT2D eigenvalue weighted by molar-refractivity contribution is 0.283. The van der Waals surface area contributed by atoms with E-state index in [9.17, 15) is 4.39 Å². The SMILES string of the molecule is Fc1cc2c3c(c1)c1c(n3CCO2)CCNCC1. The molecule has 0 unspecified atom stereocenters. The molecule has 0 fully saturated rings. The molecule has 0 radical (unpaired) electrons. The van der Waals surface area contributed by atoms with Crippen LogP contribution in [-0.2, 0) is 19.4 Å². The number of aromatic nitrogens is 1. The molecule has 4 rings (SSSR count). The van der Waals surface area contributed by atoms with Gasteiger partial charge < -0.3 is 14.6 Å². The van der Waals surface area contributed by atoms with Gasteiger partial charge in [-0.05, 0) is 24.6 Å². The Labute approximate surface area is 105 Å². The quantitative estimate of drug-likeness (QED) is 0.768. The van der Waals surface area contributed by atoms with Gasteiger partial charge in [-0.2, -0.15) is 0 Å². The van der Waals surface area contributed by atoms with E-state index in [2.05, 4.69) is 9.88 Å². The molecular weight excluding hydrogens is 231 g/mol. The number of hydrogen-bond acceptors (Lipinski definition) is 2. The van der Waals surface area contributed by atoms with Gasteiger partial charge in [-0.1, -0.05) is 0 Å². The van der Waals surface area contributed by atoms with Crippen molar-refractivity contribution in [1.29, 1.82) is 0 Å². The Morgan fingerprint density at radius 1 is 1.22 bits per heavy atom. The van der Waals surface area contributed by atoms with Crippen molar-refractivity contribution in [2.45, 2.75) is 19.4 Å². The normalized spacial score (nSPS) is 18.3. The second kappa shape index (κ2) is 3.72. The first-order valence-electron chi connectivity index (χ1n) is 6.51. The highest BCUT2D eigenvalue weighted by atomic mass is 19.1. The fraction of sp³-hybridized carbons (Fsp3) is 0.429. The van der Waals surface area contributed by atoms with E-state index in [0.717, 1.165) is 43.4 Å². The van der Waals surface area contributed by atoms with Gasteiger partial charge in [0.2, 0.25) is 0 Å². The van der Waals surface area contributed by atoms with E-state index in [0.29, 0.717) is 12.4 Å². The van der Waals surface area contributed by atoms with E-state index in [4.69, 9.17) is 4.74 Å². The lowest BCUT2D eigenvalue weighted by atomic mass is 10.1. The molecule has 0 aliphatic carbocycles. The zero-order valence-electron chi connectivity index (χ0n) is 10.1. The molecule has 2 aliphatic rings. The van der Waals surface area contributed by atoms with Crippen LogP contribution in [0.15, 0.2) is 12.1 Å². The van der Waals surface area contributed by atoms with Crippen molar-refractivity contribution in [2.24, 2.45) is 0 Å². The third kappa shape index (κ3) is 1.32. The Bertz CT molecular complexity index is 632. The van der Waals surface area contributed by atoms with Crippen LogP contribution in [0.3, 0.4) is 0 Å². The Balaban J connectivity index is 2.10. The molecule has 0 bridgehead atoms. The number of rotatable bonds is 0. The van der Waals surface area contributed by atoms with Crippen molar-refractivity contribution in [3.8, 4) is 5.75 Å². The number of ether oxygens (including phenoxy) is 1. The van der Waals surface area contributed by atoms with Crippen molar-refractivity contribution in [3.05, 3.63) is 29.2 Å². The van der Waals surface area contributed by atoms with Gasteiger partial charge in [0.1, 0.15) is 18.2 Å². The minimum absolute atomic E-state index is 0.198. The van der Waals surface area contributed by atoms with Gasteiger partial charge in [0.15, 0.2) is 0 Å². The van der Waals surface area contributed by atoms with Crippen LogP contribution in [0.25, 0.3) is 10.9 Å². The minimum atomic E-state index is -0.198. The van der Waals surface area contributed by atoms with Crippen molar-refractivity contribution < 1.29 is 9.13 Å². The first kappa shape index (κ1) is 10.4. The van der Waals surface area contributed by atoms with Crippen LogP contribution in [-0.4, -0.2) is 24.3 Å². The topological polar surface area (TPSA) is 26.2 Å². The van der Waals surface area contributed by atoms with Crippen LogP contribution in [0, 0.1) is 5.82 Å². The summed E-state index contributed by atoms with van der Waals surface area (Å²) >= 11 is 0. The van der Waals surface area contributed by atoms with E-state index >= 15 is 0 Å². The molecule has 18 heavy (non-hydrogen) atoms. The number of hydrogen-bond donors (Lipinski definition) is 1. The molecule has 3 nitrogen and oxygen atoms in total. The first-order valence-corrected chi connectivity index (χ1v) is 6.51. The lowest BCUT2D eigenvalue weighted by Crippen LogP contribution is -2.19. The summed E-state index contributed by atoms with van der Waals surface area (Å²) in [5.74, 6) is 0.508. The third-order valence-corrected chi connectivity index (χ3v) is 3.97. The number of benzene rings is 1. The number of nitrogens with one attached hydrogen (secondary N) is 1. The van der Waals surface area contributed by atoms with Gasteiger partial charge in [-0.3, -0.25) is 0 Å². The summed E-state index contributed by atoms with van der Waals surface area (Å²) in [6.07, 6.45) is 1.99. The summed E-state index contributed by atoms with van der Waals surface area (Å²) in [5, 5.41) is 4.45. The maximum atomic E-state index is 13.7. The molecule has 0 amide bonds. The van der Waals surface area contributed by atoms with Crippen LogP contribution in [0.2, 0.25) is 0 Å². The van der Waals surface area contributed by atoms with E-state index in [-0.39, 0.29) is 5.82 Å². The Hall–Kier alpha value is -1.55. The van der Waals surface area contributed by atoms with Gasteiger partial charge in [0.05, 0.1) is 12.1 Å². The molecule has 1 aromatic heterocycles. The van der Waals surface area contributed by atoms with Gasteiger partial charge in [-0.25, -0.2) is 4.39 Å². The minimum Gasteiger partial charge on any atom is -0.489 e. The molecular formula is C14H15FN2O. The van der Waals surface area contributed by atoms with Crippen LogP contribution in [0.1, 0.15) is 11.3 Å². The number of halogens is 1. The molecule has 0 atom stereocenters. The summed E-state index contributed by atoms with van der Waals surface area (Å²) in [7, 11) is 0. The summed E-state index contributed by atoms with van der Waals surface area (Å²) in [4.78, 5) is 0. The second-order valence-corrected chi connectivity index (χ2v) is 4.98. The molecule has 2 aliphatic heterocycles. The molecule has 1 aromatic carbocycles. The largest absolute Gasteiger partial charge is 0.489 e. The predicted octanol–water partition coefficient (Wildman–Crippen LogP) is 1.86. The van der Waals surface area contributed by atoms with Crippen LogP contribution >= 0.6 is 0 Å². The summed E-state index contributed by atoms with van der Waals surface area (Å²) in [6.45, 7) is 3.49. The van der Waals surface area contributed by atoms with E-state index < -0.39 is 0 Å². The van der Waals surface area contributed by atoms with Crippen molar-refractivity contribution in [1.82, 2.24) is 9.88 Å². The van der Waals surface area contributed by atoms with E-state index in [1.54, 1.807) is 6.07 Å². The lowest BCUT2D eigenvalue weighted by Gasteiger charge is -2.19. The van der Waals surface area contributed by atoms with E-state index in [1.807, 2.05) is 0 Å². The van der Waals surface area contributed by atoms with E-state index in [1.165, 1.54) is 17.3 Å². The molecule has 0 saturated carbocycles. The average molecular weight is 246 g/mol. The Morgan fingerprint density at radius 3 is 3.06 bits per heavy atom.